The maximum Gasteiger partial charge on any atom is 0.166 e. The van der Waals surface area contributed by atoms with Gasteiger partial charge in [0.15, 0.2) is 11.6 Å². The second kappa shape index (κ2) is 14.0. The summed E-state index contributed by atoms with van der Waals surface area (Å²) >= 11 is 0. The molecular formula is C35H43F3. The van der Waals surface area contributed by atoms with E-state index < -0.39 is 11.6 Å². The third kappa shape index (κ3) is 7.10. The van der Waals surface area contributed by atoms with E-state index in [0.717, 1.165) is 54.7 Å². The quantitative estimate of drug-likeness (QED) is 0.208. The molecule has 1 aliphatic carbocycles. The van der Waals surface area contributed by atoms with Crippen molar-refractivity contribution in [2.75, 3.05) is 0 Å². The van der Waals surface area contributed by atoms with Crippen molar-refractivity contribution in [1.82, 2.24) is 0 Å². The molecule has 0 atom stereocenters. The smallest absolute Gasteiger partial charge is 0.166 e. The van der Waals surface area contributed by atoms with Gasteiger partial charge in [0.2, 0.25) is 0 Å². The summed E-state index contributed by atoms with van der Waals surface area (Å²) in [6, 6.07) is 16.3. The van der Waals surface area contributed by atoms with Gasteiger partial charge in [-0.05, 0) is 84.2 Å². The normalized spacial score (nSPS) is 17.6. The summed E-state index contributed by atoms with van der Waals surface area (Å²) in [6.45, 7) is 4.42. The number of aryl methyl sites for hydroxylation is 1. The van der Waals surface area contributed by atoms with Gasteiger partial charge < -0.3 is 0 Å². The molecule has 3 heteroatoms. The van der Waals surface area contributed by atoms with Gasteiger partial charge >= 0.3 is 0 Å². The van der Waals surface area contributed by atoms with Crippen molar-refractivity contribution in [1.29, 1.82) is 0 Å². The predicted octanol–water partition coefficient (Wildman–Crippen LogP) is 11.4. The van der Waals surface area contributed by atoms with Crippen LogP contribution in [-0.2, 0) is 6.42 Å². The maximum atomic E-state index is 15.1. The van der Waals surface area contributed by atoms with Gasteiger partial charge in [-0.2, -0.15) is 0 Å². The Hall–Kier alpha value is -2.55. The van der Waals surface area contributed by atoms with E-state index in [4.69, 9.17) is 0 Å². The first-order chi connectivity index (χ1) is 18.5. The van der Waals surface area contributed by atoms with Crippen LogP contribution in [0.1, 0.15) is 108 Å². The number of halogens is 3. The standard InChI is InChI=1S/C35H43F3/c1-3-5-6-7-8-9-11-29-20-23-32(35(38)34(29)37)28-18-16-26(17-19-28)30-21-22-31(33(36)24-30)27-14-12-25(10-4-2)13-15-27/h16-25,27H,3-15H2,1-2H3. The van der Waals surface area contributed by atoms with Gasteiger partial charge in [0.05, 0.1) is 0 Å². The molecule has 1 fully saturated rings. The van der Waals surface area contributed by atoms with Crippen molar-refractivity contribution in [2.45, 2.75) is 103 Å². The Bertz CT molecular complexity index is 1160. The number of hydrogen-bond acceptors (Lipinski definition) is 0. The van der Waals surface area contributed by atoms with E-state index in [2.05, 4.69) is 13.8 Å². The van der Waals surface area contributed by atoms with Gasteiger partial charge in [0, 0.05) is 5.56 Å². The van der Waals surface area contributed by atoms with Crippen LogP contribution in [0.3, 0.4) is 0 Å². The van der Waals surface area contributed by atoms with Crippen molar-refractivity contribution >= 4 is 0 Å². The second-order valence-corrected chi connectivity index (χ2v) is 11.2. The fourth-order valence-corrected chi connectivity index (χ4v) is 6.15. The molecule has 1 saturated carbocycles. The first kappa shape index (κ1) is 28.5. The second-order valence-electron chi connectivity index (χ2n) is 11.2. The largest absolute Gasteiger partial charge is 0.207 e. The molecule has 0 radical (unpaired) electrons. The number of rotatable bonds is 12. The highest BCUT2D eigenvalue weighted by Gasteiger charge is 2.24. The Kier molecular flexibility index (Phi) is 10.5. The SMILES string of the molecule is CCCCCCCCc1ccc(-c2ccc(-c3ccc(C4CCC(CCC)CC4)c(F)c3)cc2)c(F)c1F. The lowest BCUT2D eigenvalue weighted by Crippen LogP contribution is -2.14. The zero-order valence-corrected chi connectivity index (χ0v) is 23.2. The highest BCUT2D eigenvalue weighted by molar-refractivity contribution is 5.71. The molecule has 0 bridgehead atoms. The molecule has 3 aromatic rings. The average Bonchev–Trinajstić information content (AvgIpc) is 2.94. The highest BCUT2D eigenvalue weighted by atomic mass is 19.2. The van der Waals surface area contributed by atoms with Gasteiger partial charge in [-0.3, -0.25) is 0 Å². The number of unbranched alkanes of at least 4 members (excludes halogenated alkanes) is 5. The average molecular weight is 521 g/mol. The zero-order chi connectivity index (χ0) is 26.9. The van der Waals surface area contributed by atoms with Crippen molar-refractivity contribution in [3.8, 4) is 22.3 Å². The molecule has 0 N–H and O–H groups in total. The van der Waals surface area contributed by atoms with Crippen LogP contribution in [0.2, 0.25) is 0 Å². The van der Waals surface area contributed by atoms with Crippen LogP contribution in [0.5, 0.6) is 0 Å². The van der Waals surface area contributed by atoms with E-state index >= 15 is 4.39 Å². The van der Waals surface area contributed by atoms with Crippen LogP contribution in [-0.4, -0.2) is 0 Å². The Labute approximate surface area is 227 Å². The van der Waals surface area contributed by atoms with Gasteiger partial charge in [-0.1, -0.05) is 107 Å². The third-order valence-corrected chi connectivity index (χ3v) is 8.48. The lowest BCUT2D eigenvalue weighted by Gasteiger charge is -2.29. The summed E-state index contributed by atoms with van der Waals surface area (Å²) in [6.07, 6.45) is 14.3. The van der Waals surface area contributed by atoms with Crippen molar-refractivity contribution in [3.05, 3.63) is 83.2 Å². The summed E-state index contributed by atoms with van der Waals surface area (Å²) < 4.78 is 44.9. The van der Waals surface area contributed by atoms with Crippen LogP contribution in [0.15, 0.2) is 54.6 Å². The predicted molar refractivity (Wildman–Crippen MR) is 154 cm³/mol. The van der Waals surface area contributed by atoms with Crippen LogP contribution in [0, 0.1) is 23.4 Å². The molecule has 0 heterocycles. The van der Waals surface area contributed by atoms with Gasteiger partial charge in [0.25, 0.3) is 0 Å². The lowest BCUT2D eigenvalue weighted by atomic mass is 9.77. The first-order valence-electron chi connectivity index (χ1n) is 14.9. The molecule has 0 saturated heterocycles. The summed E-state index contributed by atoms with van der Waals surface area (Å²) in [5.41, 5.74) is 3.84. The molecule has 38 heavy (non-hydrogen) atoms. The molecular weight excluding hydrogens is 477 g/mol. The minimum Gasteiger partial charge on any atom is -0.207 e. The topological polar surface area (TPSA) is 0 Å². The molecule has 204 valence electrons. The van der Waals surface area contributed by atoms with Gasteiger partial charge in [-0.25, -0.2) is 13.2 Å². The summed E-state index contributed by atoms with van der Waals surface area (Å²) in [5, 5.41) is 0. The fourth-order valence-electron chi connectivity index (χ4n) is 6.15. The molecule has 4 rings (SSSR count). The minimum absolute atomic E-state index is 0.139. The number of hydrogen-bond donors (Lipinski definition) is 0. The summed E-state index contributed by atoms with van der Waals surface area (Å²) in [5.74, 6) is -0.556. The minimum atomic E-state index is -0.787. The Morgan fingerprint density at radius 3 is 1.97 bits per heavy atom. The van der Waals surface area contributed by atoms with E-state index in [1.165, 1.54) is 44.9 Å². The van der Waals surface area contributed by atoms with Crippen molar-refractivity contribution < 1.29 is 13.2 Å². The van der Waals surface area contributed by atoms with E-state index in [9.17, 15) is 8.78 Å². The molecule has 0 nitrogen and oxygen atoms in total. The Morgan fingerprint density at radius 2 is 1.29 bits per heavy atom. The molecule has 3 aromatic carbocycles. The van der Waals surface area contributed by atoms with Crippen molar-refractivity contribution in [3.63, 3.8) is 0 Å². The summed E-state index contributed by atoms with van der Waals surface area (Å²) in [4.78, 5) is 0. The zero-order valence-electron chi connectivity index (χ0n) is 23.2. The van der Waals surface area contributed by atoms with Gasteiger partial charge in [0.1, 0.15) is 5.82 Å². The molecule has 0 amide bonds. The van der Waals surface area contributed by atoms with E-state index in [-0.39, 0.29) is 11.4 Å². The molecule has 0 spiro atoms. The monoisotopic (exact) mass is 520 g/mol. The molecule has 0 aliphatic heterocycles. The first-order valence-corrected chi connectivity index (χ1v) is 14.9. The van der Waals surface area contributed by atoms with E-state index in [0.29, 0.717) is 23.5 Å². The molecule has 0 aromatic heterocycles. The van der Waals surface area contributed by atoms with Crippen LogP contribution in [0.4, 0.5) is 13.2 Å². The van der Waals surface area contributed by atoms with E-state index in [1.54, 1.807) is 30.3 Å². The van der Waals surface area contributed by atoms with E-state index in [1.807, 2.05) is 24.3 Å². The van der Waals surface area contributed by atoms with Gasteiger partial charge in [-0.15, -0.1) is 0 Å². The maximum absolute atomic E-state index is 15.1. The van der Waals surface area contributed by atoms with Crippen LogP contribution >= 0.6 is 0 Å². The summed E-state index contributed by atoms with van der Waals surface area (Å²) in [7, 11) is 0. The van der Waals surface area contributed by atoms with Crippen molar-refractivity contribution in [2.24, 2.45) is 5.92 Å². The fraction of sp³-hybridized carbons (Fsp3) is 0.486. The third-order valence-electron chi connectivity index (χ3n) is 8.48. The number of benzene rings is 3. The Morgan fingerprint density at radius 1 is 0.632 bits per heavy atom. The Balaban J connectivity index is 1.40. The van der Waals surface area contributed by atoms with Crippen LogP contribution in [0.25, 0.3) is 22.3 Å². The van der Waals surface area contributed by atoms with Crippen LogP contribution < -0.4 is 0 Å². The highest BCUT2D eigenvalue weighted by Crippen LogP contribution is 2.39. The molecule has 1 aliphatic rings. The molecule has 0 unspecified atom stereocenters. The lowest BCUT2D eigenvalue weighted by molar-refractivity contribution is 0.304.